The van der Waals surface area contributed by atoms with Gasteiger partial charge in [0.15, 0.2) is 0 Å². The maximum Gasteiger partial charge on any atom is 0.237 e. The summed E-state index contributed by atoms with van der Waals surface area (Å²) in [5, 5.41) is 7.41. The quantitative estimate of drug-likeness (QED) is 0.815. The van der Waals surface area contributed by atoms with Gasteiger partial charge >= 0.3 is 0 Å². The lowest BCUT2D eigenvalue weighted by Crippen LogP contribution is -2.50. The van der Waals surface area contributed by atoms with Crippen LogP contribution in [0.5, 0.6) is 0 Å². The number of hydrogen-bond donors (Lipinski definition) is 2. The van der Waals surface area contributed by atoms with Crippen molar-refractivity contribution in [3.05, 3.63) is 0 Å². The average Bonchev–Trinajstić information content (AvgIpc) is 2.86. The summed E-state index contributed by atoms with van der Waals surface area (Å²) in [5.74, 6) is 2.16. The fraction of sp³-hybridized carbons (Fsp3) is 0.933. The molecule has 2 rings (SSSR count). The standard InChI is InChI=1S/C15H28N2OS/c1-3-11-7-8-16-14(9-11)15(18)17-12-5-6-13(10-12)19-4-2/h11-14,16H,3-10H2,1-2H3,(H,17,18). The predicted molar refractivity (Wildman–Crippen MR) is 82.5 cm³/mol. The molecule has 4 unspecified atom stereocenters. The summed E-state index contributed by atoms with van der Waals surface area (Å²) >= 11 is 2.04. The van der Waals surface area contributed by atoms with Crippen molar-refractivity contribution in [2.45, 2.75) is 69.7 Å². The molecule has 4 atom stereocenters. The van der Waals surface area contributed by atoms with E-state index >= 15 is 0 Å². The molecular weight excluding hydrogens is 256 g/mol. The summed E-state index contributed by atoms with van der Waals surface area (Å²) in [6.07, 6.45) is 7.02. The zero-order valence-corrected chi connectivity index (χ0v) is 13.1. The Kier molecular flexibility index (Phi) is 6.02. The SMILES string of the molecule is CCSC1CCC(NC(=O)C2CC(CC)CCN2)C1. The highest BCUT2D eigenvalue weighted by atomic mass is 32.2. The van der Waals surface area contributed by atoms with Gasteiger partial charge in [0, 0.05) is 11.3 Å². The minimum atomic E-state index is 0.0524. The lowest BCUT2D eigenvalue weighted by atomic mass is 9.90. The molecule has 0 bridgehead atoms. The Labute approximate surface area is 121 Å². The van der Waals surface area contributed by atoms with Crippen molar-refractivity contribution >= 4 is 17.7 Å². The molecule has 2 fully saturated rings. The number of piperidine rings is 1. The van der Waals surface area contributed by atoms with E-state index < -0.39 is 0 Å². The van der Waals surface area contributed by atoms with Crippen molar-refractivity contribution in [2.24, 2.45) is 5.92 Å². The molecule has 3 nitrogen and oxygen atoms in total. The monoisotopic (exact) mass is 284 g/mol. The van der Waals surface area contributed by atoms with Crippen LogP contribution < -0.4 is 10.6 Å². The Morgan fingerprint density at radius 2 is 2.11 bits per heavy atom. The number of carbonyl (C=O) groups excluding carboxylic acids is 1. The van der Waals surface area contributed by atoms with Crippen molar-refractivity contribution in [3.63, 3.8) is 0 Å². The van der Waals surface area contributed by atoms with Crippen LogP contribution in [0.4, 0.5) is 0 Å². The molecule has 0 aromatic heterocycles. The van der Waals surface area contributed by atoms with E-state index in [9.17, 15) is 4.79 Å². The fourth-order valence-electron chi connectivity index (χ4n) is 3.33. The molecule has 0 radical (unpaired) electrons. The molecular formula is C15H28N2OS. The maximum atomic E-state index is 12.3. The van der Waals surface area contributed by atoms with E-state index in [2.05, 4.69) is 24.5 Å². The first kappa shape index (κ1) is 15.2. The van der Waals surface area contributed by atoms with Gasteiger partial charge < -0.3 is 10.6 Å². The van der Waals surface area contributed by atoms with Crippen LogP contribution in [0.3, 0.4) is 0 Å². The lowest BCUT2D eigenvalue weighted by Gasteiger charge is -2.29. The summed E-state index contributed by atoms with van der Waals surface area (Å²) in [5.41, 5.74) is 0. The minimum absolute atomic E-state index is 0.0524. The van der Waals surface area contributed by atoms with Crippen LogP contribution >= 0.6 is 11.8 Å². The van der Waals surface area contributed by atoms with Crippen LogP contribution in [0.15, 0.2) is 0 Å². The summed E-state index contributed by atoms with van der Waals surface area (Å²) in [4.78, 5) is 12.3. The molecule has 1 heterocycles. The normalized spacial score (nSPS) is 35.3. The Morgan fingerprint density at radius 3 is 2.84 bits per heavy atom. The first-order chi connectivity index (χ1) is 9.22. The van der Waals surface area contributed by atoms with Gasteiger partial charge in [0.2, 0.25) is 5.91 Å². The first-order valence-electron chi connectivity index (χ1n) is 7.88. The summed E-state index contributed by atoms with van der Waals surface area (Å²) in [6.45, 7) is 5.44. The van der Waals surface area contributed by atoms with E-state index in [1.54, 1.807) is 0 Å². The molecule has 1 aliphatic heterocycles. The van der Waals surface area contributed by atoms with Gasteiger partial charge in [0.05, 0.1) is 6.04 Å². The van der Waals surface area contributed by atoms with E-state index in [0.29, 0.717) is 6.04 Å². The second kappa shape index (κ2) is 7.53. The zero-order chi connectivity index (χ0) is 13.7. The largest absolute Gasteiger partial charge is 0.352 e. The van der Waals surface area contributed by atoms with Crippen LogP contribution in [0.2, 0.25) is 0 Å². The number of thioether (sulfide) groups is 1. The van der Waals surface area contributed by atoms with Crippen molar-refractivity contribution in [1.82, 2.24) is 10.6 Å². The van der Waals surface area contributed by atoms with Crippen LogP contribution in [0, 0.1) is 5.92 Å². The second-order valence-electron chi connectivity index (χ2n) is 5.90. The molecule has 1 amide bonds. The zero-order valence-electron chi connectivity index (χ0n) is 12.3. The molecule has 1 saturated heterocycles. The lowest BCUT2D eigenvalue weighted by molar-refractivity contribution is -0.124. The smallest absolute Gasteiger partial charge is 0.237 e. The molecule has 4 heteroatoms. The van der Waals surface area contributed by atoms with Gasteiger partial charge in [-0.25, -0.2) is 0 Å². The van der Waals surface area contributed by atoms with Gasteiger partial charge in [-0.1, -0.05) is 20.3 Å². The number of nitrogens with one attached hydrogen (secondary N) is 2. The van der Waals surface area contributed by atoms with E-state index in [-0.39, 0.29) is 11.9 Å². The van der Waals surface area contributed by atoms with Crippen LogP contribution in [0.25, 0.3) is 0 Å². The van der Waals surface area contributed by atoms with Gasteiger partial charge in [-0.2, -0.15) is 11.8 Å². The fourth-order valence-corrected chi connectivity index (χ4v) is 4.47. The van der Waals surface area contributed by atoms with Crippen LogP contribution in [-0.2, 0) is 4.79 Å². The summed E-state index contributed by atoms with van der Waals surface area (Å²) < 4.78 is 0. The van der Waals surface area contributed by atoms with E-state index in [4.69, 9.17) is 0 Å². The molecule has 0 spiro atoms. The molecule has 2 N–H and O–H groups in total. The topological polar surface area (TPSA) is 41.1 Å². The molecule has 2 aliphatic rings. The number of carbonyl (C=O) groups is 1. The number of hydrogen-bond acceptors (Lipinski definition) is 3. The highest BCUT2D eigenvalue weighted by Gasteiger charge is 2.30. The van der Waals surface area contributed by atoms with Gasteiger partial charge in [-0.05, 0) is 50.3 Å². The third-order valence-electron chi connectivity index (χ3n) is 4.54. The Morgan fingerprint density at radius 1 is 1.26 bits per heavy atom. The van der Waals surface area contributed by atoms with Crippen molar-refractivity contribution in [2.75, 3.05) is 12.3 Å². The average molecular weight is 284 g/mol. The van der Waals surface area contributed by atoms with Crippen LogP contribution in [-0.4, -0.2) is 35.5 Å². The summed E-state index contributed by atoms with van der Waals surface area (Å²) in [7, 11) is 0. The van der Waals surface area contributed by atoms with Crippen molar-refractivity contribution in [1.29, 1.82) is 0 Å². The Hall–Kier alpha value is -0.220. The second-order valence-corrected chi connectivity index (χ2v) is 7.48. The minimum Gasteiger partial charge on any atom is -0.352 e. The number of amides is 1. The molecule has 0 aromatic carbocycles. The molecule has 110 valence electrons. The van der Waals surface area contributed by atoms with E-state index in [1.165, 1.54) is 25.0 Å². The Balaban J connectivity index is 1.75. The molecule has 0 aromatic rings. The van der Waals surface area contributed by atoms with Gasteiger partial charge in [-0.3, -0.25) is 4.79 Å². The van der Waals surface area contributed by atoms with Gasteiger partial charge in [-0.15, -0.1) is 0 Å². The van der Waals surface area contributed by atoms with E-state index in [0.717, 1.165) is 37.0 Å². The van der Waals surface area contributed by atoms with Crippen molar-refractivity contribution < 1.29 is 4.79 Å². The van der Waals surface area contributed by atoms with Crippen LogP contribution in [0.1, 0.15) is 52.4 Å². The molecule has 19 heavy (non-hydrogen) atoms. The first-order valence-corrected chi connectivity index (χ1v) is 8.93. The molecule has 1 saturated carbocycles. The maximum absolute atomic E-state index is 12.3. The highest BCUT2D eigenvalue weighted by molar-refractivity contribution is 7.99. The Bertz CT molecular complexity index is 298. The van der Waals surface area contributed by atoms with Gasteiger partial charge in [0.25, 0.3) is 0 Å². The third kappa shape index (κ3) is 4.38. The highest BCUT2D eigenvalue weighted by Crippen LogP contribution is 2.30. The van der Waals surface area contributed by atoms with E-state index in [1.807, 2.05) is 11.8 Å². The molecule has 1 aliphatic carbocycles. The third-order valence-corrected chi connectivity index (χ3v) is 5.77. The van der Waals surface area contributed by atoms with Crippen molar-refractivity contribution in [3.8, 4) is 0 Å². The summed E-state index contributed by atoms with van der Waals surface area (Å²) in [6, 6.07) is 0.469. The number of rotatable bonds is 5. The predicted octanol–water partition coefficient (Wildman–Crippen LogP) is 2.55. The van der Waals surface area contributed by atoms with Gasteiger partial charge in [0.1, 0.15) is 0 Å².